The standard InChI is InChI=1S/C18H22N2OS/c1-3-14(13-7-5-4-6-8-13)17(21)20-18-19-15-10-9-12(2)11-16(15)22-18/h4-8,12,14H,3,9-11H2,1-2H3,(H,19,20,21). The third-order valence-corrected chi connectivity index (χ3v) is 5.38. The van der Waals surface area contributed by atoms with E-state index in [2.05, 4.69) is 17.2 Å². The van der Waals surface area contributed by atoms with Crippen molar-refractivity contribution in [3.8, 4) is 0 Å². The number of carbonyl (C=O) groups excluding carboxylic acids is 1. The molecule has 0 fully saturated rings. The Kier molecular flexibility index (Phi) is 4.57. The minimum absolute atomic E-state index is 0.0489. The molecule has 1 aromatic heterocycles. The van der Waals surface area contributed by atoms with Crippen LogP contribution in [0.25, 0.3) is 0 Å². The van der Waals surface area contributed by atoms with E-state index in [1.165, 1.54) is 17.0 Å². The summed E-state index contributed by atoms with van der Waals surface area (Å²) in [5.41, 5.74) is 2.25. The maximum Gasteiger partial charge on any atom is 0.233 e. The van der Waals surface area contributed by atoms with Gasteiger partial charge >= 0.3 is 0 Å². The molecule has 1 aliphatic carbocycles. The molecule has 0 radical (unpaired) electrons. The van der Waals surface area contributed by atoms with E-state index in [4.69, 9.17) is 0 Å². The lowest BCUT2D eigenvalue weighted by Crippen LogP contribution is -2.20. The molecule has 0 saturated carbocycles. The van der Waals surface area contributed by atoms with Gasteiger partial charge in [-0.3, -0.25) is 4.79 Å². The molecule has 2 atom stereocenters. The zero-order valence-corrected chi connectivity index (χ0v) is 14.0. The summed E-state index contributed by atoms with van der Waals surface area (Å²) in [7, 11) is 0. The van der Waals surface area contributed by atoms with Crippen LogP contribution in [0.15, 0.2) is 30.3 Å². The lowest BCUT2D eigenvalue weighted by atomic mass is 9.93. The number of thiazole rings is 1. The van der Waals surface area contributed by atoms with Gasteiger partial charge < -0.3 is 5.32 Å². The van der Waals surface area contributed by atoms with Crippen molar-refractivity contribution in [1.82, 2.24) is 4.98 Å². The summed E-state index contributed by atoms with van der Waals surface area (Å²) < 4.78 is 0. The molecule has 4 heteroatoms. The van der Waals surface area contributed by atoms with Crippen molar-refractivity contribution in [2.45, 2.75) is 45.4 Å². The summed E-state index contributed by atoms with van der Waals surface area (Å²) >= 11 is 1.65. The first-order valence-corrected chi connectivity index (χ1v) is 8.83. The predicted octanol–water partition coefficient (Wildman–Crippen LogP) is 4.40. The van der Waals surface area contributed by atoms with Crippen molar-refractivity contribution >= 4 is 22.4 Å². The number of rotatable bonds is 4. The summed E-state index contributed by atoms with van der Waals surface area (Å²) in [6.07, 6.45) is 4.13. The molecule has 1 N–H and O–H groups in total. The highest BCUT2D eigenvalue weighted by Gasteiger charge is 2.23. The Balaban J connectivity index is 1.74. The number of nitrogens with one attached hydrogen (secondary N) is 1. The molecule has 0 bridgehead atoms. The number of fused-ring (bicyclic) bond motifs is 1. The van der Waals surface area contributed by atoms with Crippen LogP contribution in [0.1, 0.15) is 48.7 Å². The molecule has 116 valence electrons. The molecule has 1 aliphatic rings. The SMILES string of the molecule is CCC(C(=O)Nc1nc2c(s1)CC(C)CC2)c1ccccc1. The summed E-state index contributed by atoms with van der Waals surface area (Å²) in [6, 6.07) is 9.97. The van der Waals surface area contributed by atoms with E-state index in [1.807, 2.05) is 37.3 Å². The lowest BCUT2D eigenvalue weighted by Gasteiger charge is -2.15. The number of benzene rings is 1. The van der Waals surface area contributed by atoms with Gasteiger partial charge in [0.15, 0.2) is 5.13 Å². The maximum atomic E-state index is 12.6. The van der Waals surface area contributed by atoms with Crippen LogP contribution in [-0.4, -0.2) is 10.9 Å². The molecule has 2 unspecified atom stereocenters. The van der Waals surface area contributed by atoms with Crippen LogP contribution in [0.5, 0.6) is 0 Å². The Morgan fingerprint density at radius 1 is 1.41 bits per heavy atom. The van der Waals surface area contributed by atoms with Gasteiger partial charge in [0.05, 0.1) is 11.6 Å². The van der Waals surface area contributed by atoms with Crippen LogP contribution in [0, 0.1) is 5.92 Å². The zero-order chi connectivity index (χ0) is 15.5. The molecule has 3 rings (SSSR count). The fourth-order valence-corrected chi connectivity index (χ4v) is 4.22. The van der Waals surface area contributed by atoms with E-state index in [0.717, 1.165) is 35.9 Å². The number of hydrogen-bond acceptors (Lipinski definition) is 3. The summed E-state index contributed by atoms with van der Waals surface area (Å²) in [5, 5.41) is 3.79. The first-order chi connectivity index (χ1) is 10.7. The topological polar surface area (TPSA) is 42.0 Å². The quantitative estimate of drug-likeness (QED) is 0.909. The van der Waals surface area contributed by atoms with Gasteiger partial charge in [-0.15, -0.1) is 11.3 Å². The Hall–Kier alpha value is -1.68. The van der Waals surface area contributed by atoms with Crippen LogP contribution in [0.3, 0.4) is 0 Å². The number of aryl methyl sites for hydroxylation is 1. The van der Waals surface area contributed by atoms with Gasteiger partial charge in [-0.2, -0.15) is 0 Å². The van der Waals surface area contributed by atoms with E-state index in [-0.39, 0.29) is 11.8 Å². The molecule has 2 aromatic rings. The van der Waals surface area contributed by atoms with Crippen LogP contribution < -0.4 is 5.32 Å². The van der Waals surface area contributed by atoms with Crippen molar-refractivity contribution in [3.63, 3.8) is 0 Å². The van der Waals surface area contributed by atoms with Crippen molar-refractivity contribution in [1.29, 1.82) is 0 Å². The number of nitrogens with zero attached hydrogens (tertiary/aromatic N) is 1. The summed E-state index contributed by atoms with van der Waals surface area (Å²) in [4.78, 5) is 18.5. The van der Waals surface area contributed by atoms with Crippen molar-refractivity contribution in [3.05, 3.63) is 46.5 Å². The van der Waals surface area contributed by atoms with Crippen molar-refractivity contribution in [2.24, 2.45) is 5.92 Å². The number of amides is 1. The Labute approximate surface area is 135 Å². The van der Waals surface area contributed by atoms with Gasteiger partial charge in [0, 0.05) is 4.88 Å². The van der Waals surface area contributed by atoms with Crippen LogP contribution >= 0.6 is 11.3 Å². The monoisotopic (exact) mass is 314 g/mol. The Bertz CT molecular complexity index is 650. The second-order valence-electron chi connectivity index (χ2n) is 6.10. The highest BCUT2D eigenvalue weighted by atomic mass is 32.1. The minimum atomic E-state index is -0.110. The lowest BCUT2D eigenvalue weighted by molar-refractivity contribution is -0.117. The third-order valence-electron chi connectivity index (χ3n) is 4.34. The molecular formula is C18H22N2OS. The number of hydrogen-bond donors (Lipinski definition) is 1. The molecule has 1 aromatic carbocycles. The fourth-order valence-electron chi connectivity index (χ4n) is 3.04. The zero-order valence-electron chi connectivity index (χ0n) is 13.1. The average Bonchev–Trinajstić information content (AvgIpc) is 2.90. The van der Waals surface area contributed by atoms with Gasteiger partial charge in [-0.25, -0.2) is 4.98 Å². The van der Waals surface area contributed by atoms with Crippen LogP contribution in [-0.2, 0) is 17.6 Å². The van der Waals surface area contributed by atoms with Crippen molar-refractivity contribution in [2.75, 3.05) is 5.32 Å². The van der Waals surface area contributed by atoms with E-state index < -0.39 is 0 Å². The minimum Gasteiger partial charge on any atom is -0.301 e. The second kappa shape index (κ2) is 6.61. The molecule has 0 saturated heterocycles. The average molecular weight is 314 g/mol. The van der Waals surface area contributed by atoms with Crippen molar-refractivity contribution < 1.29 is 4.79 Å². The highest BCUT2D eigenvalue weighted by molar-refractivity contribution is 7.15. The normalized spacial score (nSPS) is 18.5. The van der Waals surface area contributed by atoms with Crippen LogP contribution in [0.4, 0.5) is 5.13 Å². The smallest absolute Gasteiger partial charge is 0.233 e. The fraction of sp³-hybridized carbons (Fsp3) is 0.444. The summed E-state index contributed by atoms with van der Waals surface area (Å²) in [6.45, 7) is 4.33. The van der Waals surface area contributed by atoms with Crippen LogP contribution in [0.2, 0.25) is 0 Å². The largest absolute Gasteiger partial charge is 0.301 e. The first kappa shape index (κ1) is 15.2. The molecule has 0 aliphatic heterocycles. The second-order valence-corrected chi connectivity index (χ2v) is 7.18. The number of anilines is 1. The van der Waals surface area contributed by atoms with E-state index in [0.29, 0.717) is 0 Å². The van der Waals surface area contributed by atoms with Gasteiger partial charge in [0.25, 0.3) is 0 Å². The molecule has 3 nitrogen and oxygen atoms in total. The molecular weight excluding hydrogens is 292 g/mol. The van der Waals surface area contributed by atoms with Gasteiger partial charge in [0.1, 0.15) is 0 Å². The first-order valence-electron chi connectivity index (χ1n) is 8.01. The van der Waals surface area contributed by atoms with E-state index in [1.54, 1.807) is 11.3 Å². The summed E-state index contributed by atoms with van der Waals surface area (Å²) in [5.74, 6) is 0.665. The van der Waals surface area contributed by atoms with E-state index >= 15 is 0 Å². The Morgan fingerprint density at radius 2 is 2.18 bits per heavy atom. The van der Waals surface area contributed by atoms with Gasteiger partial charge in [-0.1, -0.05) is 44.2 Å². The molecule has 22 heavy (non-hydrogen) atoms. The number of aromatic nitrogens is 1. The molecule has 0 spiro atoms. The highest BCUT2D eigenvalue weighted by Crippen LogP contribution is 2.32. The molecule has 1 heterocycles. The van der Waals surface area contributed by atoms with Gasteiger partial charge in [-0.05, 0) is 37.2 Å². The molecule has 1 amide bonds. The third kappa shape index (κ3) is 3.22. The Morgan fingerprint density at radius 3 is 2.91 bits per heavy atom. The van der Waals surface area contributed by atoms with Gasteiger partial charge in [0.2, 0.25) is 5.91 Å². The maximum absolute atomic E-state index is 12.6. The predicted molar refractivity (Wildman–Crippen MR) is 91.4 cm³/mol. The number of carbonyl (C=O) groups is 1. The van der Waals surface area contributed by atoms with E-state index in [9.17, 15) is 4.79 Å².